The molecule has 0 aliphatic rings. The van der Waals surface area contributed by atoms with E-state index in [9.17, 15) is 14.4 Å². The van der Waals surface area contributed by atoms with Crippen LogP contribution in [-0.2, 0) is 9.59 Å². The molecule has 0 unspecified atom stereocenters. The topological polar surface area (TPSA) is 116 Å². The second kappa shape index (κ2) is 7.61. The molecule has 0 saturated carbocycles. The molecule has 0 radical (unpaired) electrons. The van der Waals surface area contributed by atoms with Crippen molar-refractivity contribution in [1.82, 2.24) is 10.6 Å². The van der Waals surface area contributed by atoms with Crippen LogP contribution in [0.2, 0.25) is 0 Å². The van der Waals surface area contributed by atoms with Crippen molar-refractivity contribution in [3.05, 3.63) is 34.3 Å². The maximum absolute atomic E-state index is 11.8. The van der Waals surface area contributed by atoms with Crippen LogP contribution < -0.4 is 10.6 Å². The Morgan fingerprint density at radius 3 is 2.45 bits per heavy atom. The highest BCUT2D eigenvalue weighted by molar-refractivity contribution is 9.10. The highest BCUT2D eigenvalue weighted by atomic mass is 79.9. The van der Waals surface area contributed by atoms with E-state index < -0.39 is 30.4 Å². The molecule has 8 heteroatoms. The van der Waals surface area contributed by atoms with Crippen LogP contribution in [0.25, 0.3) is 0 Å². The largest absolute Gasteiger partial charge is 0.480 e. The summed E-state index contributed by atoms with van der Waals surface area (Å²) in [7, 11) is 0. The molecule has 0 heterocycles. The van der Waals surface area contributed by atoms with Crippen molar-refractivity contribution in [2.75, 3.05) is 13.2 Å². The molecule has 0 fully saturated rings. The summed E-state index contributed by atoms with van der Waals surface area (Å²) in [6.07, 6.45) is 0. The summed E-state index contributed by atoms with van der Waals surface area (Å²) in [5.41, 5.74) is 0.359. The van der Waals surface area contributed by atoms with Crippen molar-refractivity contribution < 1.29 is 24.6 Å². The van der Waals surface area contributed by atoms with Crippen LogP contribution in [0, 0.1) is 0 Å². The van der Waals surface area contributed by atoms with Gasteiger partial charge in [-0.15, -0.1) is 0 Å². The fourth-order valence-electron chi connectivity index (χ4n) is 1.33. The molecule has 4 N–H and O–H groups in total. The van der Waals surface area contributed by atoms with E-state index in [-0.39, 0.29) is 6.54 Å². The van der Waals surface area contributed by atoms with Crippen molar-refractivity contribution in [2.24, 2.45) is 0 Å². The summed E-state index contributed by atoms with van der Waals surface area (Å²) in [6.45, 7) is -1.11. The Labute approximate surface area is 123 Å². The number of carboxylic acid groups (broad SMARTS) is 1. The number of carboxylic acids is 1. The Hall–Kier alpha value is -1.93. The van der Waals surface area contributed by atoms with Crippen LogP contribution in [0.5, 0.6) is 0 Å². The summed E-state index contributed by atoms with van der Waals surface area (Å²) >= 11 is 3.20. The lowest BCUT2D eigenvalue weighted by Gasteiger charge is -2.12. The molecule has 7 nitrogen and oxygen atoms in total. The molecule has 2 amide bonds. The maximum atomic E-state index is 11.8. The van der Waals surface area contributed by atoms with E-state index in [2.05, 4.69) is 26.6 Å². The third kappa shape index (κ3) is 4.63. The zero-order valence-corrected chi connectivity index (χ0v) is 11.9. The SMILES string of the molecule is O=C(CNC(=O)c1ccccc1Br)N[C@@H](CO)C(=O)O. The van der Waals surface area contributed by atoms with E-state index in [1.807, 2.05) is 0 Å². The van der Waals surface area contributed by atoms with Gasteiger partial charge in [-0.1, -0.05) is 12.1 Å². The number of rotatable bonds is 6. The van der Waals surface area contributed by atoms with Gasteiger partial charge in [-0.2, -0.15) is 0 Å². The van der Waals surface area contributed by atoms with Crippen molar-refractivity contribution in [2.45, 2.75) is 6.04 Å². The molecule has 0 aliphatic carbocycles. The lowest BCUT2D eigenvalue weighted by Crippen LogP contribution is -2.47. The average Bonchev–Trinajstić information content (AvgIpc) is 2.42. The molecule has 1 aromatic rings. The van der Waals surface area contributed by atoms with Gasteiger partial charge in [0, 0.05) is 4.47 Å². The number of halogens is 1. The van der Waals surface area contributed by atoms with Crippen molar-refractivity contribution in [3.8, 4) is 0 Å². The Balaban J connectivity index is 2.51. The van der Waals surface area contributed by atoms with E-state index in [1.165, 1.54) is 0 Å². The molecule has 20 heavy (non-hydrogen) atoms. The normalized spacial score (nSPS) is 11.5. The minimum Gasteiger partial charge on any atom is -0.480 e. The van der Waals surface area contributed by atoms with Gasteiger partial charge in [0.2, 0.25) is 5.91 Å². The first-order chi connectivity index (χ1) is 9.45. The summed E-state index contributed by atoms with van der Waals surface area (Å²) in [5, 5.41) is 21.8. The van der Waals surface area contributed by atoms with Gasteiger partial charge in [0.05, 0.1) is 18.7 Å². The monoisotopic (exact) mass is 344 g/mol. The molecule has 1 rings (SSSR count). The van der Waals surface area contributed by atoms with Crippen molar-refractivity contribution in [3.63, 3.8) is 0 Å². The predicted octanol–water partition coefficient (Wildman–Crippen LogP) is -0.259. The molecular weight excluding hydrogens is 332 g/mol. The van der Waals surface area contributed by atoms with Crippen LogP contribution in [0.4, 0.5) is 0 Å². The minimum atomic E-state index is -1.39. The number of aliphatic hydroxyl groups excluding tert-OH is 1. The van der Waals surface area contributed by atoms with E-state index in [4.69, 9.17) is 10.2 Å². The Kier molecular flexibility index (Phi) is 6.13. The Morgan fingerprint density at radius 1 is 1.25 bits per heavy atom. The molecule has 108 valence electrons. The van der Waals surface area contributed by atoms with Crippen LogP contribution in [0.15, 0.2) is 28.7 Å². The van der Waals surface area contributed by atoms with E-state index in [1.54, 1.807) is 24.3 Å². The second-order valence-corrected chi connectivity index (χ2v) is 4.66. The third-order valence-corrected chi connectivity index (χ3v) is 3.04. The molecule has 1 atom stereocenters. The minimum absolute atomic E-state index is 0.359. The van der Waals surface area contributed by atoms with Crippen LogP contribution in [-0.4, -0.2) is 47.2 Å². The van der Waals surface area contributed by atoms with Gasteiger partial charge in [0.25, 0.3) is 5.91 Å². The van der Waals surface area contributed by atoms with Gasteiger partial charge in [0.1, 0.15) is 6.04 Å². The number of benzene rings is 1. The Morgan fingerprint density at radius 2 is 1.90 bits per heavy atom. The molecular formula is C12H13BrN2O5. The summed E-state index contributed by atoms with van der Waals surface area (Å²) in [6, 6.07) is 5.28. The smallest absolute Gasteiger partial charge is 0.328 e. The van der Waals surface area contributed by atoms with E-state index in [0.29, 0.717) is 10.0 Å². The lowest BCUT2D eigenvalue weighted by atomic mass is 10.2. The number of nitrogens with one attached hydrogen (secondary N) is 2. The number of aliphatic hydroxyl groups is 1. The highest BCUT2D eigenvalue weighted by Crippen LogP contribution is 2.15. The van der Waals surface area contributed by atoms with Gasteiger partial charge in [0.15, 0.2) is 0 Å². The zero-order chi connectivity index (χ0) is 15.1. The second-order valence-electron chi connectivity index (χ2n) is 3.80. The number of hydrogen-bond acceptors (Lipinski definition) is 4. The Bertz CT molecular complexity index is 520. The molecule has 0 aliphatic heterocycles. The van der Waals surface area contributed by atoms with Crippen LogP contribution >= 0.6 is 15.9 Å². The maximum Gasteiger partial charge on any atom is 0.328 e. The molecule has 0 bridgehead atoms. The van der Waals surface area contributed by atoms with E-state index in [0.717, 1.165) is 0 Å². The summed E-state index contributed by atoms with van der Waals surface area (Å²) in [4.78, 5) is 33.8. The van der Waals surface area contributed by atoms with Gasteiger partial charge in [-0.05, 0) is 28.1 Å². The van der Waals surface area contributed by atoms with Crippen LogP contribution in [0.3, 0.4) is 0 Å². The highest BCUT2D eigenvalue weighted by Gasteiger charge is 2.19. The number of aliphatic carboxylic acids is 1. The quantitative estimate of drug-likeness (QED) is 0.567. The number of carbonyl (C=O) groups excluding carboxylic acids is 2. The van der Waals surface area contributed by atoms with Crippen LogP contribution in [0.1, 0.15) is 10.4 Å². The summed E-state index contributed by atoms with van der Waals surface area (Å²) < 4.78 is 0.580. The van der Waals surface area contributed by atoms with Gasteiger partial charge >= 0.3 is 5.97 Å². The zero-order valence-electron chi connectivity index (χ0n) is 10.3. The standard InChI is InChI=1S/C12H13BrN2O5/c13-8-4-2-1-3-7(8)11(18)14-5-10(17)15-9(6-16)12(19)20/h1-4,9,16H,5-6H2,(H,14,18)(H,15,17)(H,19,20)/t9-/m0/s1. The number of amides is 2. The average molecular weight is 345 g/mol. The van der Waals surface area contributed by atoms with E-state index >= 15 is 0 Å². The van der Waals surface area contributed by atoms with Gasteiger partial charge < -0.3 is 20.8 Å². The lowest BCUT2D eigenvalue weighted by molar-refractivity contribution is -0.142. The fourth-order valence-corrected chi connectivity index (χ4v) is 1.80. The predicted molar refractivity (Wildman–Crippen MR) is 73.1 cm³/mol. The fraction of sp³-hybridized carbons (Fsp3) is 0.250. The first kappa shape index (κ1) is 16.1. The van der Waals surface area contributed by atoms with Gasteiger partial charge in [-0.25, -0.2) is 4.79 Å². The molecule has 0 spiro atoms. The molecule has 1 aromatic carbocycles. The van der Waals surface area contributed by atoms with Crippen molar-refractivity contribution >= 4 is 33.7 Å². The summed E-state index contributed by atoms with van der Waals surface area (Å²) in [5.74, 6) is -2.52. The first-order valence-corrected chi connectivity index (χ1v) is 6.40. The number of hydrogen-bond donors (Lipinski definition) is 4. The molecule has 0 saturated heterocycles. The first-order valence-electron chi connectivity index (χ1n) is 5.61. The van der Waals surface area contributed by atoms with Gasteiger partial charge in [-0.3, -0.25) is 9.59 Å². The molecule has 0 aromatic heterocycles. The number of carbonyl (C=O) groups is 3. The van der Waals surface area contributed by atoms with Crippen molar-refractivity contribution in [1.29, 1.82) is 0 Å². The third-order valence-electron chi connectivity index (χ3n) is 2.34.